The molecule has 1 fully saturated rings. The number of hydrogen-bond donors (Lipinski definition) is 1. The van der Waals surface area contributed by atoms with Crippen molar-refractivity contribution in [1.82, 2.24) is 9.47 Å². The van der Waals surface area contributed by atoms with Crippen LogP contribution in [0.2, 0.25) is 0 Å². The van der Waals surface area contributed by atoms with Gasteiger partial charge in [-0.1, -0.05) is 36.9 Å². The molecular weight excluding hydrogens is 390 g/mol. The quantitative estimate of drug-likeness (QED) is 0.655. The van der Waals surface area contributed by atoms with Gasteiger partial charge in [0, 0.05) is 48.4 Å². The molecule has 2 aliphatic rings. The number of fused-ring (bicyclic) bond motifs is 2. The maximum atomic E-state index is 13.1. The summed E-state index contributed by atoms with van der Waals surface area (Å²) in [5, 5.41) is 13.7. The van der Waals surface area contributed by atoms with Crippen LogP contribution >= 0.6 is 0 Å². The monoisotopic (exact) mass is 417 g/mol. The fourth-order valence-electron chi connectivity index (χ4n) is 4.70. The topological polar surface area (TPSA) is 62.0 Å². The molecule has 5 rings (SSSR count). The van der Waals surface area contributed by atoms with Gasteiger partial charge in [0.15, 0.2) is 5.76 Å². The van der Waals surface area contributed by atoms with E-state index < -0.39 is 0 Å². The number of carbonyl (C=O) groups excluding carboxylic acids is 1. The predicted molar refractivity (Wildman–Crippen MR) is 118 cm³/mol. The average Bonchev–Trinajstić information content (AvgIpc) is 3.28. The molecule has 0 unspecified atom stereocenters. The van der Waals surface area contributed by atoms with Crippen molar-refractivity contribution in [3.63, 3.8) is 0 Å². The number of allylic oxidation sites excluding steroid dienone is 1. The van der Waals surface area contributed by atoms with Gasteiger partial charge in [0.2, 0.25) is 5.78 Å². The number of Topliss-reactive ketones (excluding diaryl/α,β-unsaturated/α-hetero) is 1. The molecule has 0 saturated carbocycles. The summed E-state index contributed by atoms with van der Waals surface area (Å²) >= 11 is 0. The van der Waals surface area contributed by atoms with Crippen LogP contribution in [0, 0.1) is 0 Å². The number of nitrogens with zero attached hydrogens (tertiary/aromatic N) is 2. The molecule has 0 amide bonds. The minimum atomic E-state index is -0.157. The van der Waals surface area contributed by atoms with Gasteiger partial charge >= 0.3 is 0 Å². The van der Waals surface area contributed by atoms with Gasteiger partial charge in [-0.3, -0.25) is 9.69 Å². The van der Waals surface area contributed by atoms with E-state index in [1.807, 2.05) is 42.1 Å². The molecule has 1 aromatic heterocycles. The summed E-state index contributed by atoms with van der Waals surface area (Å²) in [6.45, 7) is 7.86. The highest BCUT2D eigenvalue weighted by Gasteiger charge is 2.32. The summed E-state index contributed by atoms with van der Waals surface area (Å²) in [6, 6.07) is 11.2. The van der Waals surface area contributed by atoms with Gasteiger partial charge in [-0.15, -0.1) is 0 Å². The van der Waals surface area contributed by atoms with Crippen LogP contribution in [-0.2, 0) is 13.6 Å². The zero-order chi connectivity index (χ0) is 21.5. The molecule has 160 valence electrons. The Morgan fingerprint density at radius 3 is 2.71 bits per heavy atom. The Hall–Kier alpha value is -3.09. The number of ether oxygens (including phenoxy) is 1. The van der Waals surface area contributed by atoms with E-state index in [9.17, 15) is 9.90 Å². The summed E-state index contributed by atoms with van der Waals surface area (Å²) in [4.78, 5) is 16.8. The molecule has 1 saturated heterocycles. The van der Waals surface area contributed by atoms with Crippen LogP contribution in [0.5, 0.6) is 11.5 Å². The van der Waals surface area contributed by atoms with E-state index in [1.54, 1.807) is 12.1 Å². The smallest absolute Gasteiger partial charge is 0.231 e. The number of likely N-dealkylation sites (N-methyl/N-ethyl adjacent to an activating group) is 1. The third-order valence-electron chi connectivity index (χ3n) is 6.55. The van der Waals surface area contributed by atoms with Gasteiger partial charge in [-0.25, -0.2) is 0 Å². The minimum absolute atomic E-state index is 0.0524. The summed E-state index contributed by atoms with van der Waals surface area (Å²) < 4.78 is 8.09. The van der Waals surface area contributed by atoms with E-state index in [4.69, 9.17) is 4.74 Å². The first-order valence-corrected chi connectivity index (χ1v) is 10.9. The number of piperazine rings is 1. The Labute approximate surface area is 181 Å². The molecule has 1 N–H and O–H groups in total. The van der Waals surface area contributed by atoms with Crippen LogP contribution in [0.3, 0.4) is 0 Å². The number of aromatic nitrogens is 1. The van der Waals surface area contributed by atoms with Crippen molar-refractivity contribution in [3.8, 4) is 11.5 Å². The Morgan fingerprint density at radius 1 is 1.16 bits per heavy atom. The Balaban J connectivity index is 1.45. The lowest BCUT2D eigenvalue weighted by molar-refractivity contribution is -0.918. The SMILES string of the molecule is CCN1CC[NH+](Cc2c([O-])ccc3c2OC(=Cc2cn(C)c4ccccc24)C3=O)CC1. The number of rotatable bonds is 4. The maximum absolute atomic E-state index is 13.1. The van der Waals surface area contributed by atoms with Crippen LogP contribution in [-0.4, -0.2) is 48.0 Å². The first-order chi connectivity index (χ1) is 15.0. The molecule has 0 atom stereocenters. The van der Waals surface area contributed by atoms with Gasteiger partial charge < -0.3 is 19.3 Å². The molecule has 2 aromatic carbocycles. The van der Waals surface area contributed by atoms with Crippen LogP contribution in [0.1, 0.15) is 28.4 Å². The highest BCUT2D eigenvalue weighted by Crippen LogP contribution is 2.38. The number of quaternary nitrogens is 1. The van der Waals surface area contributed by atoms with E-state index in [-0.39, 0.29) is 17.3 Å². The average molecular weight is 418 g/mol. The number of aryl methyl sites for hydroxylation is 1. The fraction of sp³-hybridized carbons (Fsp3) is 0.320. The lowest BCUT2D eigenvalue weighted by Crippen LogP contribution is -3.13. The number of benzene rings is 2. The molecule has 0 aliphatic carbocycles. The largest absolute Gasteiger partial charge is 0.872 e. The summed E-state index contributed by atoms with van der Waals surface area (Å²) in [5.41, 5.74) is 3.13. The van der Waals surface area contributed by atoms with Crippen LogP contribution in [0.15, 0.2) is 48.4 Å². The lowest BCUT2D eigenvalue weighted by atomic mass is 10.0. The molecule has 3 heterocycles. The van der Waals surface area contributed by atoms with E-state index in [2.05, 4.69) is 11.8 Å². The van der Waals surface area contributed by atoms with Gasteiger partial charge in [-0.2, -0.15) is 0 Å². The highest BCUT2D eigenvalue weighted by molar-refractivity contribution is 6.15. The Kier molecular flexibility index (Phi) is 5.04. The van der Waals surface area contributed by atoms with Gasteiger partial charge in [-0.05, 0) is 24.8 Å². The molecule has 0 radical (unpaired) electrons. The molecule has 3 aromatic rings. The van der Waals surface area contributed by atoms with Crippen LogP contribution in [0.25, 0.3) is 17.0 Å². The number of ketones is 1. The molecule has 6 heteroatoms. The Morgan fingerprint density at radius 2 is 1.94 bits per heavy atom. The summed E-state index contributed by atoms with van der Waals surface area (Å²) in [7, 11) is 1.99. The van der Waals surface area contributed by atoms with E-state index in [0.29, 0.717) is 23.4 Å². The maximum Gasteiger partial charge on any atom is 0.231 e. The second-order valence-corrected chi connectivity index (χ2v) is 8.43. The van der Waals surface area contributed by atoms with Gasteiger partial charge in [0.05, 0.1) is 18.7 Å². The zero-order valence-corrected chi connectivity index (χ0v) is 18.0. The molecular formula is C25H27N3O3. The number of para-hydroxylation sites is 1. The third kappa shape index (κ3) is 3.52. The second kappa shape index (κ2) is 7.87. The highest BCUT2D eigenvalue weighted by atomic mass is 16.5. The summed E-state index contributed by atoms with van der Waals surface area (Å²) in [5.74, 6) is 0.525. The van der Waals surface area contributed by atoms with Crippen LogP contribution in [0.4, 0.5) is 0 Å². The van der Waals surface area contributed by atoms with Crippen molar-refractivity contribution in [2.75, 3.05) is 32.7 Å². The first-order valence-electron chi connectivity index (χ1n) is 10.9. The minimum Gasteiger partial charge on any atom is -0.872 e. The van der Waals surface area contributed by atoms with E-state index in [1.165, 1.54) is 11.0 Å². The summed E-state index contributed by atoms with van der Waals surface area (Å²) in [6.07, 6.45) is 3.79. The standard InChI is InChI=1S/C25H27N3O3/c1-3-27-10-12-28(13-11-27)16-20-22(29)9-8-19-24(30)23(31-25(19)20)14-17-15-26(2)21-7-5-4-6-18(17)21/h4-9,14-15,29H,3,10-13,16H2,1-2H3. The van der Waals surface area contributed by atoms with Crippen molar-refractivity contribution in [2.24, 2.45) is 7.05 Å². The molecule has 0 bridgehead atoms. The van der Waals surface area contributed by atoms with Gasteiger partial charge in [0.1, 0.15) is 12.3 Å². The molecule has 0 spiro atoms. The van der Waals surface area contributed by atoms with Crippen molar-refractivity contribution < 1.29 is 19.5 Å². The van der Waals surface area contributed by atoms with Crippen molar-refractivity contribution in [1.29, 1.82) is 0 Å². The normalized spacial score (nSPS) is 18.6. The van der Waals surface area contributed by atoms with E-state index in [0.717, 1.165) is 49.2 Å². The molecule has 2 aliphatic heterocycles. The number of carbonyl (C=O) groups is 1. The van der Waals surface area contributed by atoms with Crippen molar-refractivity contribution in [3.05, 3.63) is 65.0 Å². The van der Waals surface area contributed by atoms with Gasteiger partial charge in [0.25, 0.3) is 0 Å². The van der Waals surface area contributed by atoms with E-state index >= 15 is 0 Å². The molecule has 6 nitrogen and oxygen atoms in total. The lowest BCUT2D eigenvalue weighted by Gasteiger charge is -2.32. The second-order valence-electron chi connectivity index (χ2n) is 8.43. The zero-order valence-electron chi connectivity index (χ0n) is 18.0. The molecule has 31 heavy (non-hydrogen) atoms. The van der Waals surface area contributed by atoms with Crippen LogP contribution < -0.4 is 14.7 Å². The predicted octanol–water partition coefficient (Wildman–Crippen LogP) is 1.59. The van der Waals surface area contributed by atoms with Crippen molar-refractivity contribution in [2.45, 2.75) is 13.5 Å². The Bertz CT molecular complexity index is 1190. The third-order valence-corrected chi connectivity index (χ3v) is 6.55. The van der Waals surface area contributed by atoms with Crippen molar-refractivity contribution >= 4 is 22.8 Å². The number of nitrogens with one attached hydrogen (secondary N) is 1. The first kappa shape index (κ1) is 19.8. The number of hydrogen-bond acceptors (Lipinski definition) is 4. The fourth-order valence-corrected chi connectivity index (χ4v) is 4.70.